The van der Waals surface area contributed by atoms with Crippen molar-refractivity contribution < 1.29 is 29.7 Å². The Morgan fingerprint density at radius 1 is 0.625 bits per heavy atom. The van der Waals surface area contributed by atoms with Gasteiger partial charge in [-0.25, -0.2) is 0 Å². The maximum Gasteiger partial charge on any atom is 0.318 e. The number of carbonyl (C=O) groups is 3. The third kappa shape index (κ3) is 29.5. The minimum atomic E-state index is -0.893. The third-order valence-electron chi connectivity index (χ3n) is 1.57. The molecule has 0 heterocycles. The highest BCUT2D eigenvalue weighted by Crippen LogP contribution is 2.11. The van der Waals surface area contributed by atoms with Gasteiger partial charge in [0.2, 0.25) is 0 Å². The van der Waals surface area contributed by atoms with Gasteiger partial charge in [0, 0.05) is 0 Å². The van der Waals surface area contributed by atoms with E-state index in [9.17, 15) is 14.4 Å². The Hall–Kier alpha value is -0.540. The van der Waals surface area contributed by atoms with Crippen LogP contribution in [0.2, 0.25) is 0 Å². The minimum Gasteiger partial charge on any atom is -0.480 e. The zero-order chi connectivity index (χ0) is 20.9. The molecule has 0 atom stereocenters. The number of carboxylic acid groups (broad SMARTS) is 3. The molecule has 146 valence electrons. The lowest BCUT2D eigenvalue weighted by atomic mass is 10.2. The first kappa shape index (κ1) is 31.3. The summed E-state index contributed by atoms with van der Waals surface area (Å²) in [5.41, 5.74) is 0. The van der Waals surface area contributed by atoms with E-state index in [4.69, 9.17) is 15.3 Å². The zero-order valence-corrected chi connectivity index (χ0v) is 18.3. The second kappa shape index (κ2) is 13.7. The highest BCUT2D eigenvalue weighted by Gasteiger charge is 2.21. The molecule has 0 aliphatic rings. The van der Waals surface area contributed by atoms with Gasteiger partial charge in [0.25, 0.3) is 0 Å². The van der Waals surface area contributed by atoms with Crippen LogP contribution in [0.5, 0.6) is 0 Å². The summed E-state index contributed by atoms with van der Waals surface area (Å²) in [7, 11) is 0. The smallest absolute Gasteiger partial charge is 0.318 e. The second-order valence-corrected chi connectivity index (χ2v) is 9.65. The topological polar surface area (TPSA) is 112 Å². The standard InChI is InChI=1S/3C4H8O2S.C3H8/c3*1-4(2,7)3(5)6;1-3-2/h3*7H,1-2H3,(H,5,6);3H2,1-2H3. The highest BCUT2D eigenvalue weighted by molar-refractivity contribution is 7.83. The van der Waals surface area contributed by atoms with Crippen LogP contribution >= 0.6 is 37.9 Å². The van der Waals surface area contributed by atoms with Crippen LogP contribution in [0, 0.1) is 0 Å². The molecule has 0 unspecified atom stereocenters. The monoisotopic (exact) mass is 404 g/mol. The Bertz CT molecular complexity index is 319. The number of thiol groups is 3. The summed E-state index contributed by atoms with van der Waals surface area (Å²) in [5.74, 6) is -2.68. The van der Waals surface area contributed by atoms with Crippen molar-refractivity contribution in [3.05, 3.63) is 0 Å². The van der Waals surface area contributed by atoms with E-state index in [1.54, 1.807) is 0 Å². The molecule has 0 radical (unpaired) electrons. The van der Waals surface area contributed by atoms with Crippen molar-refractivity contribution in [1.82, 2.24) is 0 Å². The minimum absolute atomic E-state index is 0.889. The molecule has 0 amide bonds. The van der Waals surface area contributed by atoms with E-state index in [-0.39, 0.29) is 0 Å². The van der Waals surface area contributed by atoms with Gasteiger partial charge in [-0.05, 0) is 41.5 Å². The van der Waals surface area contributed by atoms with Crippen molar-refractivity contribution in [1.29, 1.82) is 0 Å². The molecule has 0 aliphatic heterocycles. The first-order valence-electron chi connectivity index (χ1n) is 7.12. The maximum atomic E-state index is 9.94. The van der Waals surface area contributed by atoms with Gasteiger partial charge in [0.1, 0.15) is 14.2 Å². The Kier molecular flexibility index (Phi) is 17.9. The van der Waals surface area contributed by atoms with Crippen molar-refractivity contribution in [2.24, 2.45) is 0 Å². The van der Waals surface area contributed by atoms with E-state index in [0.29, 0.717) is 0 Å². The zero-order valence-electron chi connectivity index (χ0n) is 15.6. The predicted octanol–water partition coefficient (Wildman–Crippen LogP) is 3.75. The van der Waals surface area contributed by atoms with Gasteiger partial charge in [-0.1, -0.05) is 20.3 Å². The Balaban J connectivity index is -0.000000115. The molecule has 9 heteroatoms. The van der Waals surface area contributed by atoms with Gasteiger partial charge in [0.05, 0.1) is 0 Å². The van der Waals surface area contributed by atoms with E-state index in [1.165, 1.54) is 48.0 Å². The molecule has 6 nitrogen and oxygen atoms in total. The number of carboxylic acids is 3. The Morgan fingerprint density at radius 2 is 0.667 bits per heavy atom. The van der Waals surface area contributed by atoms with E-state index in [1.807, 2.05) is 0 Å². The van der Waals surface area contributed by atoms with Crippen LogP contribution in [-0.4, -0.2) is 47.5 Å². The van der Waals surface area contributed by atoms with Gasteiger partial charge < -0.3 is 15.3 Å². The molecule has 0 aromatic rings. The molecule has 0 fully saturated rings. The lowest BCUT2D eigenvalue weighted by Crippen LogP contribution is -2.23. The predicted molar refractivity (Wildman–Crippen MR) is 108 cm³/mol. The summed E-state index contributed by atoms with van der Waals surface area (Å²) in [6.45, 7) is 13.4. The molecule has 0 spiro atoms. The quantitative estimate of drug-likeness (QED) is 0.400. The largest absolute Gasteiger partial charge is 0.480 e. The van der Waals surface area contributed by atoms with Crippen LogP contribution in [0.4, 0.5) is 0 Å². The summed E-state index contributed by atoms with van der Waals surface area (Å²) in [6.07, 6.45) is 1.25. The molecular formula is C15H32O6S3. The molecule has 0 aromatic carbocycles. The van der Waals surface area contributed by atoms with Crippen LogP contribution < -0.4 is 0 Å². The highest BCUT2D eigenvalue weighted by atomic mass is 32.1. The fourth-order valence-corrected chi connectivity index (χ4v) is 0. The van der Waals surface area contributed by atoms with E-state index in [2.05, 4.69) is 51.7 Å². The van der Waals surface area contributed by atoms with Crippen molar-refractivity contribution in [3.8, 4) is 0 Å². The van der Waals surface area contributed by atoms with Crippen LogP contribution in [0.3, 0.4) is 0 Å². The Morgan fingerprint density at radius 3 is 0.667 bits per heavy atom. The van der Waals surface area contributed by atoms with Crippen LogP contribution in [0.25, 0.3) is 0 Å². The molecule has 0 aromatic heterocycles. The first-order chi connectivity index (χ1) is 10.2. The van der Waals surface area contributed by atoms with Gasteiger partial charge >= 0.3 is 17.9 Å². The first-order valence-corrected chi connectivity index (χ1v) is 8.46. The van der Waals surface area contributed by atoms with Gasteiger partial charge in [-0.3, -0.25) is 14.4 Å². The molecule has 0 saturated heterocycles. The lowest BCUT2D eigenvalue weighted by Gasteiger charge is -2.07. The van der Waals surface area contributed by atoms with Crippen molar-refractivity contribution in [2.45, 2.75) is 76.1 Å². The van der Waals surface area contributed by atoms with E-state index >= 15 is 0 Å². The Labute approximate surface area is 161 Å². The van der Waals surface area contributed by atoms with Gasteiger partial charge in [0.15, 0.2) is 0 Å². The summed E-state index contributed by atoms with van der Waals surface area (Å²) in [5, 5.41) is 24.5. The average Bonchev–Trinajstić information content (AvgIpc) is 2.27. The van der Waals surface area contributed by atoms with Crippen molar-refractivity contribution in [3.63, 3.8) is 0 Å². The fraction of sp³-hybridized carbons (Fsp3) is 0.800. The van der Waals surface area contributed by atoms with Crippen LogP contribution in [-0.2, 0) is 14.4 Å². The summed E-state index contributed by atoms with van der Waals surface area (Å²) >= 11 is 11.2. The lowest BCUT2D eigenvalue weighted by molar-refractivity contribution is -0.139. The average molecular weight is 405 g/mol. The summed E-state index contributed by atoms with van der Waals surface area (Å²) in [6, 6.07) is 0. The number of hydrogen-bond acceptors (Lipinski definition) is 6. The fourth-order valence-electron chi connectivity index (χ4n) is 0. The number of hydrogen-bond donors (Lipinski definition) is 6. The molecule has 0 aliphatic carbocycles. The van der Waals surface area contributed by atoms with Crippen LogP contribution in [0.15, 0.2) is 0 Å². The maximum absolute atomic E-state index is 9.94. The van der Waals surface area contributed by atoms with Crippen molar-refractivity contribution >= 4 is 55.8 Å². The van der Waals surface area contributed by atoms with Crippen molar-refractivity contribution in [2.75, 3.05) is 0 Å². The summed E-state index contributed by atoms with van der Waals surface area (Å²) in [4.78, 5) is 29.8. The molecule has 0 bridgehead atoms. The molecular weight excluding hydrogens is 372 g/mol. The van der Waals surface area contributed by atoms with E-state index in [0.717, 1.165) is 0 Å². The molecule has 24 heavy (non-hydrogen) atoms. The molecule has 0 saturated carbocycles. The SMILES string of the molecule is CC(C)(S)C(=O)O.CC(C)(S)C(=O)O.CC(C)(S)C(=O)O.CCC. The van der Waals surface area contributed by atoms with Gasteiger partial charge in [-0.15, -0.1) is 0 Å². The van der Waals surface area contributed by atoms with Crippen LogP contribution in [0.1, 0.15) is 61.8 Å². The normalized spacial score (nSPS) is 10.6. The van der Waals surface area contributed by atoms with Gasteiger partial charge in [-0.2, -0.15) is 37.9 Å². The number of aliphatic carboxylic acids is 3. The molecule has 0 rings (SSSR count). The molecule has 3 N–H and O–H groups in total. The second-order valence-electron chi connectivity index (χ2n) is 6.30. The third-order valence-corrected chi connectivity index (χ3v) is 2.14. The summed E-state index contributed by atoms with van der Waals surface area (Å²) < 4.78 is -2.67. The van der Waals surface area contributed by atoms with E-state index < -0.39 is 32.1 Å². The number of rotatable bonds is 3.